The maximum atomic E-state index is 9.99. The van der Waals surface area contributed by atoms with E-state index >= 15 is 0 Å². The average Bonchev–Trinajstić information content (AvgIpc) is 2.23. The highest BCUT2D eigenvalue weighted by Crippen LogP contribution is 2.05. The summed E-state index contributed by atoms with van der Waals surface area (Å²) in [6.07, 6.45) is 7.32. The molecule has 0 saturated heterocycles. The van der Waals surface area contributed by atoms with Gasteiger partial charge < -0.3 is 5.73 Å². The molecular formula is C11H19N5O2. The zero-order valence-corrected chi connectivity index (χ0v) is 10.9. The minimum atomic E-state index is -0.797. The molecule has 0 amide bonds. The fourth-order valence-electron chi connectivity index (χ4n) is 1.04. The lowest BCUT2D eigenvalue weighted by Crippen LogP contribution is -2.35. The number of nitrogens with one attached hydrogen (secondary N) is 1. The van der Waals surface area contributed by atoms with E-state index in [1.54, 1.807) is 11.5 Å². The van der Waals surface area contributed by atoms with Gasteiger partial charge in [-0.2, -0.15) is 5.10 Å². The van der Waals surface area contributed by atoms with Crippen molar-refractivity contribution in [1.29, 1.82) is 0 Å². The number of nitrogens with two attached hydrogens (primary N) is 1. The maximum absolute atomic E-state index is 9.99. The van der Waals surface area contributed by atoms with Crippen molar-refractivity contribution in [3.05, 3.63) is 33.4 Å². The predicted molar refractivity (Wildman–Crippen MR) is 72.7 cm³/mol. The Bertz CT molecular complexity index is 392. The molecule has 0 bridgehead atoms. The molecular weight excluding hydrogens is 234 g/mol. The van der Waals surface area contributed by atoms with Crippen molar-refractivity contribution in [3.8, 4) is 0 Å². The number of hydrazine groups is 1. The van der Waals surface area contributed by atoms with Crippen molar-refractivity contribution in [2.45, 2.75) is 33.6 Å². The lowest BCUT2D eigenvalue weighted by molar-refractivity contribution is -0.525. The molecule has 0 saturated carbocycles. The minimum absolute atomic E-state index is 0.355. The Kier molecular flexibility index (Phi) is 7.83. The van der Waals surface area contributed by atoms with Crippen molar-refractivity contribution in [3.63, 3.8) is 0 Å². The van der Waals surface area contributed by atoms with Crippen LogP contribution in [-0.2, 0) is 0 Å². The van der Waals surface area contributed by atoms with E-state index in [1.807, 2.05) is 6.92 Å². The Hall–Kier alpha value is -2.18. The highest BCUT2D eigenvalue weighted by Gasteiger charge is 1.96. The summed E-state index contributed by atoms with van der Waals surface area (Å²) < 4.78 is 0. The van der Waals surface area contributed by atoms with Crippen LogP contribution in [0, 0.1) is 10.1 Å². The lowest BCUT2D eigenvalue weighted by Gasteiger charge is -1.96. The number of nitro groups is 1. The van der Waals surface area contributed by atoms with E-state index in [1.165, 1.54) is 11.8 Å². The van der Waals surface area contributed by atoms with Crippen molar-refractivity contribution in [2.24, 2.45) is 15.9 Å². The topological polar surface area (TPSA) is 106 Å². The van der Waals surface area contributed by atoms with E-state index in [4.69, 9.17) is 5.73 Å². The first-order chi connectivity index (χ1) is 8.41. The highest BCUT2D eigenvalue weighted by atomic mass is 16.7. The normalized spacial score (nSPS) is 12.6. The minimum Gasteiger partial charge on any atom is -0.364 e. The highest BCUT2D eigenvalue weighted by molar-refractivity contribution is 5.78. The van der Waals surface area contributed by atoms with Gasteiger partial charge in [0.05, 0.1) is 0 Å². The quantitative estimate of drug-likeness (QED) is 0.247. The summed E-state index contributed by atoms with van der Waals surface area (Å²) in [4.78, 5) is 9.99. The first-order valence-corrected chi connectivity index (χ1v) is 5.48. The Morgan fingerprint density at radius 2 is 2.11 bits per heavy atom. The summed E-state index contributed by atoms with van der Waals surface area (Å²) in [7, 11) is 0. The fraction of sp³-hybridized carbons (Fsp3) is 0.455. The molecule has 0 aromatic heterocycles. The summed E-state index contributed by atoms with van der Waals surface area (Å²) in [6, 6.07) is 0. The molecule has 0 radical (unpaired) electrons. The first kappa shape index (κ1) is 15.8. The van der Waals surface area contributed by atoms with Gasteiger partial charge in [0.2, 0.25) is 0 Å². The van der Waals surface area contributed by atoms with Crippen LogP contribution >= 0.6 is 0 Å². The van der Waals surface area contributed by atoms with Crippen LogP contribution in [0.5, 0.6) is 0 Å². The first-order valence-electron chi connectivity index (χ1n) is 5.48. The molecule has 0 aliphatic carbocycles. The summed E-state index contributed by atoms with van der Waals surface area (Å²) in [5.41, 5.74) is 9.28. The SMILES string of the molecule is CC(C)=CCC/C(C)=C/C=N/N=C(N)N[N+](=O)[O-]. The van der Waals surface area contributed by atoms with Crippen LogP contribution in [0.4, 0.5) is 0 Å². The van der Waals surface area contributed by atoms with E-state index in [2.05, 4.69) is 30.1 Å². The van der Waals surface area contributed by atoms with E-state index in [0.29, 0.717) is 0 Å². The standard InChI is InChI=1S/C11H19N5O2/c1-9(2)5-4-6-10(3)7-8-13-14-11(12)15-16(17)18/h5,7-8H,4,6H2,1-3H3,(H3,12,14,15)/b10-7+,13-8+. The van der Waals surface area contributed by atoms with Gasteiger partial charge in [0, 0.05) is 6.21 Å². The molecule has 7 heteroatoms. The number of guanidine groups is 1. The van der Waals surface area contributed by atoms with Crippen LogP contribution in [0.25, 0.3) is 0 Å². The molecule has 100 valence electrons. The van der Waals surface area contributed by atoms with Gasteiger partial charge >= 0.3 is 0 Å². The van der Waals surface area contributed by atoms with Crippen LogP contribution in [-0.4, -0.2) is 17.2 Å². The van der Waals surface area contributed by atoms with E-state index in [-0.39, 0.29) is 5.96 Å². The van der Waals surface area contributed by atoms with Gasteiger partial charge in [0.1, 0.15) is 0 Å². The smallest absolute Gasteiger partial charge is 0.275 e. The number of rotatable bonds is 6. The molecule has 7 nitrogen and oxygen atoms in total. The Morgan fingerprint density at radius 3 is 2.67 bits per heavy atom. The molecule has 0 spiro atoms. The van der Waals surface area contributed by atoms with E-state index in [0.717, 1.165) is 18.4 Å². The van der Waals surface area contributed by atoms with Crippen molar-refractivity contribution in [1.82, 2.24) is 5.43 Å². The van der Waals surface area contributed by atoms with Crippen LogP contribution in [0.2, 0.25) is 0 Å². The Balaban J connectivity index is 4.12. The molecule has 0 aliphatic rings. The second-order valence-electron chi connectivity index (χ2n) is 3.95. The molecule has 3 N–H and O–H groups in total. The number of hydrogen-bond acceptors (Lipinski definition) is 4. The van der Waals surface area contributed by atoms with Gasteiger partial charge in [-0.3, -0.25) is 0 Å². The summed E-state index contributed by atoms with van der Waals surface area (Å²) in [6.45, 7) is 6.09. The number of allylic oxidation sites excluding steroid dienone is 4. The molecule has 18 heavy (non-hydrogen) atoms. The largest absolute Gasteiger partial charge is 0.364 e. The van der Waals surface area contributed by atoms with Crippen molar-refractivity contribution in [2.75, 3.05) is 0 Å². The van der Waals surface area contributed by atoms with Crippen molar-refractivity contribution < 1.29 is 5.03 Å². The van der Waals surface area contributed by atoms with Gasteiger partial charge in [0.15, 0.2) is 5.03 Å². The van der Waals surface area contributed by atoms with Gasteiger partial charge in [-0.25, -0.2) is 10.1 Å². The Morgan fingerprint density at radius 1 is 1.44 bits per heavy atom. The second-order valence-corrected chi connectivity index (χ2v) is 3.95. The average molecular weight is 253 g/mol. The third-order valence-electron chi connectivity index (χ3n) is 1.89. The monoisotopic (exact) mass is 253 g/mol. The molecule has 0 aromatic rings. The third-order valence-corrected chi connectivity index (χ3v) is 1.89. The van der Waals surface area contributed by atoms with Crippen LogP contribution in [0.1, 0.15) is 33.6 Å². The van der Waals surface area contributed by atoms with Crippen LogP contribution < -0.4 is 11.2 Å². The molecule has 0 atom stereocenters. The summed E-state index contributed by atoms with van der Waals surface area (Å²) in [5.74, 6) is -0.355. The fourth-order valence-corrected chi connectivity index (χ4v) is 1.04. The third kappa shape index (κ3) is 10.3. The maximum Gasteiger partial charge on any atom is 0.275 e. The summed E-state index contributed by atoms with van der Waals surface area (Å²) in [5, 5.41) is 16.2. The zero-order chi connectivity index (χ0) is 14.0. The Labute approximate surface area is 106 Å². The van der Waals surface area contributed by atoms with Crippen LogP contribution in [0.15, 0.2) is 33.5 Å². The molecule has 0 aliphatic heterocycles. The van der Waals surface area contributed by atoms with Gasteiger partial charge in [-0.15, -0.1) is 5.10 Å². The molecule has 0 rings (SSSR count). The number of hydrogen-bond donors (Lipinski definition) is 2. The summed E-state index contributed by atoms with van der Waals surface area (Å²) >= 11 is 0. The van der Waals surface area contributed by atoms with Crippen LogP contribution in [0.3, 0.4) is 0 Å². The predicted octanol–water partition coefficient (Wildman–Crippen LogP) is 1.76. The van der Waals surface area contributed by atoms with Crippen molar-refractivity contribution >= 4 is 12.2 Å². The molecule has 0 aromatic carbocycles. The number of nitrogens with zero attached hydrogens (tertiary/aromatic N) is 3. The zero-order valence-electron chi connectivity index (χ0n) is 10.9. The molecule has 0 heterocycles. The molecule has 0 unspecified atom stereocenters. The van der Waals surface area contributed by atoms with Gasteiger partial charge in [0.25, 0.3) is 5.96 Å². The van der Waals surface area contributed by atoms with Gasteiger partial charge in [-0.05, 0) is 39.7 Å². The second kappa shape index (κ2) is 8.91. The van der Waals surface area contributed by atoms with E-state index in [9.17, 15) is 10.1 Å². The molecule has 0 fully saturated rings. The lowest BCUT2D eigenvalue weighted by atomic mass is 10.1. The van der Waals surface area contributed by atoms with E-state index < -0.39 is 5.03 Å². The van der Waals surface area contributed by atoms with Gasteiger partial charge in [-0.1, -0.05) is 22.6 Å².